The number of halogens is 2. The Balaban J connectivity index is 2.10. The van der Waals surface area contributed by atoms with Gasteiger partial charge in [0.1, 0.15) is 5.82 Å². The average molecular weight is 272 g/mol. The van der Waals surface area contributed by atoms with E-state index in [9.17, 15) is 9.18 Å². The van der Waals surface area contributed by atoms with Crippen molar-refractivity contribution < 1.29 is 9.18 Å². The number of carbonyl (C=O) groups is 1. The third-order valence-corrected chi connectivity index (χ3v) is 3.33. The van der Waals surface area contributed by atoms with E-state index in [-0.39, 0.29) is 17.8 Å². The second kappa shape index (κ2) is 4.31. The van der Waals surface area contributed by atoms with Gasteiger partial charge >= 0.3 is 0 Å². The molecule has 80 valence electrons. The number of nitrogens with one attached hydrogen (secondary N) is 1. The number of carbonyl (C=O) groups excluding carboxylic acids is 1. The Labute approximate surface area is 96.0 Å². The van der Waals surface area contributed by atoms with Gasteiger partial charge < -0.3 is 5.32 Å². The van der Waals surface area contributed by atoms with E-state index in [1.165, 1.54) is 12.1 Å². The Kier molecular flexibility index (Phi) is 3.05. The number of benzene rings is 1. The highest BCUT2D eigenvalue weighted by molar-refractivity contribution is 9.10. The zero-order chi connectivity index (χ0) is 10.8. The molecule has 2 rings (SSSR count). The molecule has 0 spiro atoms. The van der Waals surface area contributed by atoms with E-state index >= 15 is 0 Å². The molecule has 1 aromatic carbocycles. The number of hydrogen-bond donors (Lipinski definition) is 1. The third-order valence-electron chi connectivity index (χ3n) is 2.56. The minimum atomic E-state index is -0.238. The molecule has 1 N–H and O–H groups in total. The molecule has 1 aromatic rings. The van der Waals surface area contributed by atoms with E-state index in [0.29, 0.717) is 12.8 Å². The summed E-state index contributed by atoms with van der Waals surface area (Å²) in [6.07, 6.45) is 2.10. The van der Waals surface area contributed by atoms with Crippen LogP contribution in [-0.4, -0.2) is 11.9 Å². The second-order valence-corrected chi connectivity index (χ2v) is 4.60. The molecule has 1 atom stereocenters. The zero-order valence-corrected chi connectivity index (χ0v) is 9.68. The van der Waals surface area contributed by atoms with E-state index in [2.05, 4.69) is 21.2 Å². The van der Waals surface area contributed by atoms with Crippen molar-refractivity contribution >= 4 is 21.8 Å². The second-order valence-electron chi connectivity index (χ2n) is 3.74. The van der Waals surface area contributed by atoms with Crippen LogP contribution in [0.4, 0.5) is 4.39 Å². The smallest absolute Gasteiger partial charge is 0.220 e. The zero-order valence-electron chi connectivity index (χ0n) is 8.09. The summed E-state index contributed by atoms with van der Waals surface area (Å²) in [5, 5.41) is 2.87. The maximum absolute atomic E-state index is 13.0. The minimum absolute atomic E-state index is 0.0903. The fraction of sp³-hybridized carbons (Fsp3) is 0.364. The highest BCUT2D eigenvalue weighted by atomic mass is 79.9. The molecule has 1 amide bonds. The molecule has 0 radical (unpaired) electrons. The highest BCUT2D eigenvalue weighted by Crippen LogP contribution is 2.21. The molecule has 0 aromatic heterocycles. The molecule has 0 bridgehead atoms. The first-order chi connectivity index (χ1) is 7.15. The molecule has 1 aliphatic heterocycles. The van der Waals surface area contributed by atoms with Gasteiger partial charge in [-0.15, -0.1) is 0 Å². The van der Waals surface area contributed by atoms with E-state index in [1.807, 2.05) is 0 Å². The first-order valence-electron chi connectivity index (χ1n) is 4.88. The van der Waals surface area contributed by atoms with E-state index in [4.69, 9.17) is 0 Å². The molecule has 15 heavy (non-hydrogen) atoms. The number of rotatable bonds is 2. The predicted molar refractivity (Wildman–Crippen MR) is 59.0 cm³/mol. The van der Waals surface area contributed by atoms with Gasteiger partial charge in [-0.2, -0.15) is 0 Å². The summed E-state index contributed by atoms with van der Waals surface area (Å²) >= 11 is 3.37. The largest absolute Gasteiger partial charge is 0.353 e. The summed E-state index contributed by atoms with van der Waals surface area (Å²) in [6.45, 7) is 0. The average Bonchev–Trinajstić information content (AvgIpc) is 2.58. The van der Waals surface area contributed by atoms with Crippen LogP contribution in [0.15, 0.2) is 22.7 Å². The van der Waals surface area contributed by atoms with Crippen LogP contribution in [-0.2, 0) is 11.2 Å². The van der Waals surface area contributed by atoms with E-state index in [0.717, 1.165) is 16.5 Å². The predicted octanol–water partition coefficient (Wildman–Crippen LogP) is 2.41. The number of hydrogen-bond acceptors (Lipinski definition) is 1. The van der Waals surface area contributed by atoms with Gasteiger partial charge in [0.2, 0.25) is 5.91 Å². The van der Waals surface area contributed by atoms with Crippen LogP contribution in [0.3, 0.4) is 0 Å². The van der Waals surface area contributed by atoms with Crippen LogP contribution in [0.2, 0.25) is 0 Å². The quantitative estimate of drug-likeness (QED) is 0.880. The van der Waals surface area contributed by atoms with Crippen molar-refractivity contribution in [3.05, 3.63) is 34.1 Å². The van der Waals surface area contributed by atoms with Gasteiger partial charge in [-0.05, 0) is 36.6 Å². The van der Waals surface area contributed by atoms with Crippen LogP contribution in [0.5, 0.6) is 0 Å². The fourth-order valence-electron chi connectivity index (χ4n) is 1.80. The van der Waals surface area contributed by atoms with E-state index < -0.39 is 0 Å². The maximum Gasteiger partial charge on any atom is 0.220 e. The van der Waals surface area contributed by atoms with Crippen LogP contribution < -0.4 is 5.32 Å². The molecule has 1 fully saturated rings. The summed E-state index contributed by atoms with van der Waals surface area (Å²) in [5.41, 5.74) is 0.905. The van der Waals surface area contributed by atoms with Crippen molar-refractivity contribution in [2.45, 2.75) is 25.3 Å². The van der Waals surface area contributed by atoms with Crippen molar-refractivity contribution in [2.75, 3.05) is 0 Å². The highest BCUT2D eigenvalue weighted by Gasteiger charge is 2.21. The van der Waals surface area contributed by atoms with Gasteiger partial charge in [0, 0.05) is 16.9 Å². The van der Waals surface area contributed by atoms with Gasteiger partial charge in [0.25, 0.3) is 0 Å². The van der Waals surface area contributed by atoms with Crippen LogP contribution in [0, 0.1) is 5.82 Å². The molecule has 1 saturated heterocycles. The Hall–Kier alpha value is -0.900. The monoisotopic (exact) mass is 271 g/mol. The van der Waals surface area contributed by atoms with Crippen molar-refractivity contribution in [3.63, 3.8) is 0 Å². The Bertz CT molecular complexity index is 394. The van der Waals surface area contributed by atoms with Gasteiger partial charge in [-0.3, -0.25) is 4.79 Å². The minimum Gasteiger partial charge on any atom is -0.353 e. The summed E-state index contributed by atoms with van der Waals surface area (Å²) < 4.78 is 13.9. The van der Waals surface area contributed by atoms with Gasteiger partial charge in [-0.1, -0.05) is 15.9 Å². The molecule has 1 heterocycles. The summed E-state index contributed by atoms with van der Waals surface area (Å²) in [7, 11) is 0. The topological polar surface area (TPSA) is 29.1 Å². The molecule has 0 saturated carbocycles. The Morgan fingerprint density at radius 3 is 3.00 bits per heavy atom. The molecule has 2 nitrogen and oxygen atoms in total. The van der Waals surface area contributed by atoms with Crippen molar-refractivity contribution in [1.29, 1.82) is 0 Å². The molecule has 1 unspecified atom stereocenters. The SMILES string of the molecule is O=C1CCC(Cc2cc(F)ccc2Br)N1. The first kappa shape index (κ1) is 10.6. The Morgan fingerprint density at radius 1 is 1.53 bits per heavy atom. The molecular formula is C11H11BrFNO. The summed E-state index contributed by atoms with van der Waals surface area (Å²) in [5.74, 6) is -0.148. The lowest BCUT2D eigenvalue weighted by atomic mass is 10.0. The van der Waals surface area contributed by atoms with Crippen LogP contribution >= 0.6 is 15.9 Å². The van der Waals surface area contributed by atoms with Gasteiger partial charge in [0.05, 0.1) is 0 Å². The van der Waals surface area contributed by atoms with E-state index in [1.54, 1.807) is 6.07 Å². The van der Waals surface area contributed by atoms with Gasteiger partial charge in [-0.25, -0.2) is 4.39 Å². The van der Waals surface area contributed by atoms with Crippen molar-refractivity contribution in [1.82, 2.24) is 5.32 Å². The third kappa shape index (κ3) is 2.56. The molecule has 1 aliphatic rings. The lowest BCUT2D eigenvalue weighted by molar-refractivity contribution is -0.119. The lowest BCUT2D eigenvalue weighted by Gasteiger charge is -2.11. The first-order valence-corrected chi connectivity index (χ1v) is 5.68. The van der Waals surface area contributed by atoms with Crippen LogP contribution in [0.25, 0.3) is 0 Å². The maximum atomic E-state index is 13.0. The lowest BCUT2D eigenvalue weighted by Crippen LogP contribution is -2.27. The molecule has 4 heteroatoms. The Morgan fingerprint density at radius 2 is 2.33 bits per heavy atom. The van der Waals surface area contributed by atoms with Crippen molar-refractivity contribution in [3.8, 4) is 0 Å². The standard InChI is InChI=1S/C11H11BrFNO/c12-10-3-1-8(13)5-7(10)6-9-2-4-11(15)14-9/h1,3,5,9H,2,4,6H2,(H,14,15). The van der Waals surface area contributed by atoms with Crippen LogP contribution in [0.1, 0.15) is 18.4 Å². The fourth-order valence-corrected chi connectivity index (χ4v) is 2.20. The summed E-state index contributed by atoms with van der Waals surface area (Å²) in [4.78, 5) is 11.0. The van der Waals surface area contributed by atoms with Crippen molar-refractivity contribution in [2.24, 2.45) is 0 Å². The normalized spacial score (nSPS) is 20.4. The summed E-state index contributed by atoms with van der Waals surface area (Å²) in [6, 6.07) is 4.77. The number of amides is 1. The molecule has 0 aliphatic carbocycles. The van der Waals surface area contributed by atoms with Gasteiger partial charge in [0.15, 0.2) is 0 Å². The molecular weight excluding hydrogens is 261 g/mol.